The van der Waals surface area contributed by atoms with Gasteiger partial charge < -0.3 is 15.4 Å². The highest BCUT2D eigenvalue weighted by Gasteiger charge is 2.31. The number of rotatable bonds is 2. The van der Waals surface area contributed by atoms with Gasteiger partial charge >= 0.3 is 0 Å². The molecule has 0 spiro atoms. The molecule has 0 fully saturated rings. The smallest absolute Gasteiger partial charge is 0.229 e. The van der Waals surface area contributed by atoms with Gasteiger partial charge in [0.1, 0.15) is 47.6 Å². The quantitative estimate of drug-likeness (QED) is 0.392. The molecule has 36 heavy (non-hydrogen) atoms. The number of benzene rings is 2. The molecule has 0 saturated heterocycles. The Morgan fingerprint density at radius 2 is 2.00 bits per heavy atom. The maximum absolute atomic E-state index is 14.7. The predicted octanol–water partition coefficient (Wildman–Crippen LogP) is 4.83. The molecule has 1 aliphatic carbocycles. The van der Waals surface area contributed by atoms with E-state index in [9.17, 15) is 8.78 Å². The third-order valence-electron chi connectivity index (χ3n) is 6.35. The predicted molar refractivity (Wildman–Crippen MR) is 131 cm³/mol. The molecule has 0 amide bonds. The number of ether oxygens (including phenoxy) is 1. The highest BCUT2D eigenvalue weighted by atomic mass is 19.1. The van der Waals surface area contributed by atoms with Crippen LogP contribution in [0.5, 0.6) is 5.75 Å². The van der Waals surface area contributed by atoms with Gasteiger partial charge in [-0.25, -0.2) is 23.4 Å². The van der Waals surface area contributed by atoms with Crippen LogP contribution in [-0.2, 0) is 6.42 Å². The average Bonchev–Trinajstić information content (AvgIpc) is 3.47. The van der Waals surface area contributed by atoms with E-state index in [1.807, 2.05) is 37.3 Å². The number of aryl methyl sites for hydroxylation is 1. The monoisotopic (exact) mass is 487 g/mol. The van der Waals surface area contributed by atoms with Crippen LogP contribution >= 0.6 is 0 Å². The molecule has 4 bridgehead atoms. The van der Waals surface area contributed by atoms with E-state index in [-0.39, 0.29) is 5.92 Å². The van der Waals surface area contributed by atoms with Gasteiger partial charge in [-0.1, -0.05) is 12.1 Å². The lowest BCUT2D eigenvalue weighted by molar-refractivity contribution is 0.360. The van der Waals surface area contributed by atoms with E-state index in [2.05, 4.69) is 20.7 Å². The minimum absolute atomic E-state index is 0.284. The van der Waals surface area contributed by atoms with Gasteiger partial charge in [-0.05, 0) is 49.6 Å². The summed E-state index contributed by atoms with van der Waals surface area (Å²) >= 11 is 0. The first kappa shape index (κ1) is 22.1. The van der Waals surface area contributed by atoms with Crippen LogP contribution in [0.25, 0.3) is 5.69 Å². The number of anilines is 3. The summed E-state index contributed by atoms with van der Waals surface area (Å²) in [5.41, 5.74) is 3.61. The van der Waals surface area contributed by atoms with Crippen molar-refractivity contribution in [1.29, 1.82) is 0 Å². The molecule has 8 nitrogen and oxygen atoms in total. The fourth-order valence-electron chi connectivity index (χ4n) is 4.68. The maximum atomic E-state index is 14.7. The zero-order valence-electron chi connectivity index (χ0n) is 19.5. The molecule has 4 aromatic rings. The molecule has 2 aliphatic rings. The molecule has 1 unspecified atom stereocenters. The molecule has 1 aliphatic heterocycles. The van der Waals surface area contributed by atoms with E-state index in [1.54, 1.807) is 11.0 Å². The van der Waals surface area contributed by atoms with Crippen LogP contribution in [0.3, 0.4) is 0 Å². The van der Waals surface area contributed by atoms with Gasteiger partial charge in [-0.2, -0.15) is 10.1 Å². The van der Waals surface area contributed by atoms with Crippen LogP contribution in [0.15, 0.2) is 54.9 Å². The van der Waals surface area contributed by atoms with Crippen molar-refractivity contribution >= 4 is 17.5 Å². The topological polar surface area (TPSA) is 89.8 Å². The summed E-state index contributed by atoms with van der Waals surface area (Å²) in [7, 11) is 0. The van der Waals surface area contributed by atoms with E-state index >= 15 is 0 Å². The van der Waals surface area contributed by atoms with E-state index in [0.717, 1.165) is 28.7 Å². The van der Waals surface area contributed by atoms with Gasteiger partial charge in [-0.3, -0.25) is 0 Å². The van der Waals surface area contributed by atoms with Gasteiger partial charge in [0, 0.05) is 35.8 Å². The van der Waals surface area contributed by atoms with Gasteiger partial charge in [0.25, 0.3) is 0 Å². The Morgan fingerprint density at radius 3 is 2.83 bits per heavy atom. The van der Waals surface area contributed by atoms with Gasteiger partial charge in [0.05, 0.1) is 5.69 Å². The third kappa shape index (κ3) is 4.15. The van der Waals surface area contributed by atoms with Crippen LogP contribution in [-0.4, -0.2) is 37.9 Å². The number of nitrogens with one attached hydrogen (secondary N) is 2. The van der Waals surface area contributed by atoms with E-state index in [1.165, 1.54) is 12.1 Å². The van der Waals surface area contributed by atoms with Crippen molar-refractivity contribution in [3.8, 4) is 11.4 Å². The number of hydrogen-bond acceptors (Lipinski definition) is 7. The summed E-state index contributed by atoms with van der Waals surface area (Å²) in [6.07, 6.45) is 6.91. The number of hydrogen-bond donors (Lipinski definition) is 2. The molecule has 1 atom stereocenters. The molecule has 6 rings (SSSR count). The van der Waals surface area contributed by atoms with Gasteiger partial charge in [-0.15, -0.1) is 0 Å². The second kappa shape index (κ2) is 9.03. The summed E-state index contributed by atoms with van der Waals surface area (Å²) in [5, 5.41) is 11.0. The molecule has 182 valence electrons. The Kier molecular flexibility index (Phi) is 5.55. The molecule has 10 heteroatoms. The second-order valence-electron chi connectivity index (χ2n) is 8.72. The summed E-state index contributed by atoms with van der Waals surface area (Å²) in [4.78, 5) is 13.7. The highest BCUT2D eigenvalue weighted by molar-refractivity contribution is 5.64. The first-order valence-corrected chi connectivity index (χ1v) is 11.7. The van der Waals surface area contributed by atoms with Crippen molar-refractivity contribution in [2.24, 2.45) is 0 Å². The first-order valence-electron chi connectivity index (χ1n) is 11.7. The van der Waals surface area contributed by atoms with E-state index in [4.69, 9.17) is 14.7 Å². The lowest BCUT2D eigenvalue weighted by Crippen LogP contribution is -2.10. The molecule has 2 aromatic carbocycles. The Hall–Kier alpha value is -4.34. The van der Waals surface area contributed by atoms with Crippen molar-refractivity contribution in [2.75, 3.05) is 23.8 Å². The second-order valence-corrected chi connectivity index (χ2v) is 8.72. The van der Waals surface area contributed by atoms with Crippen LogP contribution < -0.4 is 15.4 Å². The van der Waals surface area contributed by atoms with Crippen molar-refractivity contribution in [1.82, 2.24) is 24.7 Å². The summed E-state index contributed by atoms with van der Waals surface area (Å²) in [5.74, 6) is 0.914. The largest absolute Gasteiger partial charge is 0.487 e. The Morgan fingerprint density at radius 1 is 1.08 bits per heavy atom. The molecule has 3 heterocycles. The van der Waals surface area contributed by atoms with Crippen LogP contribution in [0.4, 0.5) is 26.2 Å². The Labute approximate surface area is 206 Å². The minimum Gasteiger partial charge on any atom is -0.487 e. The summed E-state index contributed by atoms with van der Waals surface area (Å²) in [6.45, 7) is 2.74. The van der Waals surface area contributed by atoms with Crippen LogP contribution in [0, 0.1) is 18.6 Å². The van der Waals surface area contributed by atoms with Crippen LogP contribution in [0.1, 0.15) is 35.0 Å². The molecule has 2 N–H and O–H groups in total. The van der Waals surface area contributed by atoms with Crippen molar-refractivity contribution in [3.05, 3.63) is 89.2 Å². The minimum atomic E-state index is -0.596. The lowest BCUT2D eigenvalue weighted by Gasteiger charge is -2.16. The van der Waals surface area contributed by atoms with Gasteiger partial charge in [0.15, 0.2) is 0 Å². The molecule has 0 saturated carbocycles. The fourth-order valence-corrected chi connectivity index (χ4v) is 4.68. The number of halogens is 2. The number of nitrogens with zero attached hydrogens (tertiary/aromatic N) is 5. The number of aromatic nitrogens is 5. The van der Waals surface area contributed by atoms with Crippen molar-refractivity contribution in [3.63, 3.8) is 0 Å². The highest BCUT2D eigenvalue weighted by Crippen LogP contribution is 2.41. The molecular formula is C26H23F2N7O. The summed E-state index contributed by atoms with van der Waals surface area (Å²) < 4.78 is 35.9. The first-order chi connectivity index (χ1) is 17.5. The fraction of sp³-hybridized carbons (Fsp3) is 0.231. The zero-order valence-corrected chi connectivity index (χ0v) is 19.5. The van der Waals surface area contributed by atoms with Crippen LogP contribution in [0.2, 0.25) is 0 Å². The Bertz CT molecular complexity index is 1480. The zero-order chi connectivity index (χ0) is 24.6. The lowest BCUT2D eigenvalue weighted by atomic mass is 9.96. The maximum Gasteiger partial charge on any atom is 0.229 e. The van der Waals surface area contributed by atoms with Crippen molar-refractivity contribution < 1.29 is 13.5 Å². The average molecular weight is 488 g/mol. The number of fused-ring (bicyclic) bond motifs is 6. The standard InChI is InChI=1S/C26H23F2N7O/c1-15-30-14-35(34-15)22-9-5-17-13-23(22)36-11-3-2-10-29-25-20-8-7-19(24(20)32-26(31-17)33-25)18-6-4-16(27)12-21(18)28/h2-6,9,12-14,19H,7-8,10-11H2,1H3,(H2,29,31,32,33)/b3-2+. The normalized spacial score (nSPS) is 17.5. The van der Waals surface area contributed by atoms with Gasteiger partial charge in [0.2, 0.25) is 5.95 Å². The SMILES string of the molecule is Cc1ncn(-c2ccc3cc2OC/C=C/CNc2nc(nc4c2CCC4c2ccc(F)cc2F)N3)n1. The molecule has 2 aromatic heterocycles. The van der Waals surface area contributed by atoms with E-state index < -0.39 is 11.6 Å². The third-order valence-corrected chi connectivity index (χ3v) is 6.35. The Balaban J connectivity index is 1.41. The molecule has 0 radical (unpaired) electrons. The van der Waals surface area contributed by atoms with Crippen molar-refractivity contribution in [2.45, 2.75) is 25.7 Å². The summed E-state index contributed by atoms with van der Waals surface area (Å²) in [6, 6.07) is 9.35. The molecular weight excluding hydrogens is 464 g/mol. The van der Waals surface area contributed by atoms with E-state index in [0.29, 0.717) is 54.9 Å².